The van der Waals surface area contributed by atoms with Crippen molar-refractivity contribution in [1.29, 1.82) is 0 Å². The third-order valence-corrected chi connectivity index (χ3v) is 2.70. The number of aromatic nitrogens is 2. The minimum Gasteiger partial charge on any atom is -0.233 e. The highest BCUT2D eigenvalue weighted by molar-refractivity contribution is 5.58. The van der Waals surface area contributed by atoms with Crippen LogP contribution in [0.15, 0.2) is 24.3 Å². The van der Waals surface area contributed by atoms with E-state index in [1.165, 1.54) is 5.56 Å². The van der Waals surface area contributed by atoms with Crippen LogP contribution in [-0.2, 0) is 6.42 Å². The van der Waals surface area contributed by atoms with Crippen molar-refractivity contribution in [3.8, 4) is 11.4 Å². The average Bonchev–Trinajstić information content (AvgIpc) is 2.37. The van der Waals surface area contributed by atoms with E-state index in [4.69, 9.17) is 1.37 Å². The van der Waals surface area contributed by atoms with Crippen molar-refractivity contribution in [2.24, 2.45) is 0 Å². The highest BCUT2D eigenvalue weighted by atomic mass is 14.9. The maximum Gasteiger partial charge on any atom is 0.159 e. The topological polar surface area (TPSA) is 25.8 Å². The van der Waals surface area contributed by atoms with Crippen molar-refractivity contribution >= 4 is 0 Å². The van der Waals surface area contributed by atoms with Crippen LogP contribution in [0.1, 0.15) is 30.8 Å². The quantitative estimate of drug-likeness (QED) is 0.784. The fourth-order valence-corrected chi connectivity index (χ4v) is 1.95. The molecule has 2 rings (SSSR count). The van der Waals surface area contributed by atoms with Gasteiger partial charge in [-0.2, -0.15) is 0 Å². The van der Waals surface area contributed by atoms with Gasteiger partial charge in [-0.3, -0.25) is 0 Å². The normalized spacial score (nSPS) is 11.4. The molecule has 0 unspecified atom stereocenters. The Morgan fingerprint density at radius 3 is 2.35 bits per heavy atom. The van der Waals surface area contributed by atoms with E-state index in [0.717, 1.165) is 34.8 Å². The lowest BCUT2D eigenvalue weighted by molar-refractivity contribution is 1.06. The van der Waals surface area contributed by atoms with Crippen LogP contribution < -0.4 is 0 Å². The SMILES string of the molecule is [3H]Cc1cc(CC)cc(-c2nc(C)cc(C)n2)c1. The molecular formula is C15H18N2. The summed E-state index contributed by atoms with van der Waals surface area (Å²) in [7, 11) is 0. The second kappa shape index (κ2) is 4.66. The number of hydrogen-bond acceptors (Lipinski definition) is 2. The van der Waals surface area contributed by atoms with Crippen LogP contribution in [0.5, 0.6) is 0 Å². The summed E-state index contributed by atoms with van der Waals surface area (Å²) in [5.41, 5.74) is 5.23. The van der Waals surface area contributed by atoms with Gasteiger partial charge in [0.2, 0.25) is 0 Å². The summed E-state index contributed by atoms with van der Waals surface area (Å²) in [5, 5.41) is 0. The van der Waals surface area contributed by atoms with Crippen molar-refractivity contribution in [2.75, 3.05) is 0 Å². The van der Waals surface area contributed by atoms with Crippen LogP contribution in [0.3, 0.4) is 0 Å². The van der Waals surface area contributed by atoms with E-state index in [0.29, 0.717) is 6.90 Å². The summed E-state index contributed by atoms with van der Waals surface area (Å²) in [4.78, 5) is 8.97. The first kappa shape index (κ1) is 10.5. The van der Waals surface area contributed by atoms with Crippen LogP contribution in [0, 0.1) is 20.7 Å². The van der Waals surface area contributed by atoms with E-state index in [2.05, 4.69) is 29.0 Å². The molecule has 1 aromatic heterocycles. The van der Waals surface area contributed by atoms with Gasteiger partial charge in [0.05, 0.1) is 0 Å². The molecule has 1 aromatic carbocycles. The number of rotatable bonds is 2. The Balaban J connectivity index is 2.55. The van der Waals surface area contributed by atoms with Crippen LogP contribution in [0.4, 0.5) is 0 Å². The van der Waals surface area contributed by atoms with Gasteiger partial charge >= 0.3 is 0 Å². The Bertz CT molecular complexity index is 522. The van der Waals surface area contributed by atoms with Gasteiger partial charge in [-0.05, 0) is 50.9 Å². The molecule has 0 radical (unpaired) electrons. The van der Waals surface area contributed by atoms with E-state index < -0.39 is 0 Å². The highest BCUT2D eigenvalue weighted by Gasteiger charge is 2.05. The number of hydrogen-bond donors (Lipinski definition) is 0. The fraction of sp³-hybridized carbons (Fsp3) is 0.333. The Kier molecular flexibility index (Phi) is 2.87. The molecule has 2 heteroatoms. The van der Waals surface area contributed by atoms with E-state index >= 15 is 0 Å². The molecule has 2 aromatic rings. The maximum absolute atomic E-state index is 7.52. The lowest BCUT2D eigenvalue weighted by Crippen LogP contribution is -1.95. The molecule has 0 saturated heterocycles. The molecular weight excluding hydrogens is 208 g/mol. The molecule has 0 N–H and O–H groups in total. The minimum atomic E-state index is 0.297. The molecule has 17 heavy (non-hydrogen) atoms. The van der Waals surface area contributed by atoms with Gasteiger partial charge in [-0.15, -0.1) is 0 Å². The third-order valence-electron chi connectivity index (χ3n) is 2.70. The largest absolute Gasteiger partial charge is 0.233 e. The second-order valence-electron chi connectivity index (χ2n) is 4.37. The predicted molar refractivity (Wildman–Crippen MR) is 71.1 cm³/mol. The molecule has 0 bridgehead atoms. The van der Waals surface area contributed by atoms with Gasteiger partial charge in [0.1, 0.15) is 0 Å². The molecule has 0 amide bonds. The Labute approximate surface area is 104 Å². The first-order valence-corrected chi connectivity index (χ1v) is 5.87. The summed E-state index contributed by atoms with van der Waals surface area (Å²) in [6, 6.07) is 8.19. The Morgan fingerprint density at radius 1 is 1.06 bits per heavy atom. The zero-order valence-corrected chi connectivity index (χ0v) is 10.6. The lowest BCUT2D eigenvalue weighted by atomic mass is 10.0. The van der Waals surface area contributed by atoms with E-state index in [1.54, 1.807) is 0 Å². The van der Waals surface area contributed by atoms with E-state index in [1.807, 2.05) is 26.0 Å². The molecule has 0 atom stereocenters. The van der Waals surface area contributed by atoms with Gasteiger partial charge in [0, 0.05) is 18.3 Å². The van der Waals surface area contributed by atoms with Gasteiger partial charge in [-0.1, -0.05) is 18.6 Å². The zero-order chi connectivity index (χ0) is 13.1. The molecule has 1 heterocycles. The average molecular weight is 228 g/mol. The van der Waals surface area contributed by atoms with Gasteiger partial charge in [0.15, 0.2) is 5.82 Å². The maximum atomic E-state index is 7.52. The summed E-state index contributed by atoms with van der Waals surface area (Å²) in [5.74, 6) is 0.762. The summed E-state index contributed by atoms with van der Waals surface area (Å²) >= 11 is 0. The van der Waals surface area contributed by atoms with Crippen LogP contribution in [0.2, 0.25) is 0 Å². The molecule has 0 aliphatic rings. The molecule has 0 aliphatic heterocycles. The minimum absolute atomic E-state index is 0.297. The van der Waals surface area contributed by atoms with Crippen LogP contribution >= 0.6 is 0 Å². The molecule has 0 saturated carbocycles. The summed E-state index contributed by atoms with van der Waals surface area (Å²) in [6.45, 7) is 6.38. The molecule has 0 fully saturated rings. The first-order valence-electron chi connectivity index (χ1n) is 6.58. The van der Waals surface area contributed by atoms with E-state index in [-0.39, 0.29) is 0 Å². The van der Waals surface area contributed by atoms with Crippen molar-refractivity contribution < 1.29 is 1.37 Å². The molecule has 2 nitrogen and oxygen atoms in total. The number of nitrogens with zero attached hydrogens (tertiary/aromatic N) is 2. The van der Waals surface area contributed by atoms with Gasteiger partial charge in [-0.25, -0.2) is 9.97 Å². The fourth-order valence-electron chi connectivity index (χ4n) is 1.95. The van der Waals surface area contributed by atoms with Crippen molar-refractivity contribution in [3.63, 3.8) is 0 Å². The Hall–Kier alpha value is -1.70. The lowest BCUT2D eigenvalue weighted by Gasteiger charge is -2.07. The monoisotopic (exact) mass is 228 g/mol. The molecule has 88 valence electrons. The number of aryl methyl sites for hydroxylation is 4. The van der Waals surface area contributed by atoms with Crippen molar-refractivity contribution in [3.05, 3.63) is 46.8 Å². The molecule has 0 spiro atoms. The Morgan fingerprint density at radius 2 is 1.76 bits per heavy atom. The number of benzene rings is 1. The first-order chi connectivity index (χ1) is 8.62. The van der Waals surface area contributed by atoms with Gasteiger partial charge < -0.3 is 0 Å². The smallest absolute Gasteiger partial charge is 0.159 e. The predicted octanol–water partition coefficient (Wildman–Crippen LogP) is 3.63. The van der Waals surface area contributed by atoms with E-state index in [9.17, 15) is 0 Å². The summed E-state index contributed by atoms with van der Waals surface area (Å²) in [6.07, 6.45) is 0.964. The standard InChI is InChI=1S/C15H18N2/c1-5-13-6-10(2)7-14(9-13)15-16-11(3)8-12(4)17-15/h6-9H,5H2,1-4H3/i2T. The van der Waals surface area contributed by atoms with Crippen molar-refractivity contribution in [1.82, 2.24) is 9.97 Å². The second-order valence-corrected chi connectivity index (χ2v) is 4.37. The molecule has 0 aliphatic carbocycles. The summed E-state index contributed by atoms with van der Waals surface area (Å²) < 4.78 is 7.52. The highest BCUT2D eigenvalue weighted by Crippen LogP contribution is 2.20. The third kappa shape index (κ3) is 2.70. The van der Waals surface area contributed by atoms with Crippen molar-refractivity contribution in [2.45, 2.75) is 34.1 Å². The van der Waals surface area contributed by atoms with Crippen LogP contribution in [0.25, 0.3) is 11.4 Å². The zero-order valence-electron chi connectivity index (χ0n) is 11.6. The van der Waals surface area contributed by atoms with Crippen LogP contribution in [-0.4, -0.2) is 9.97 Å². The van der Waals surface area contributed by atoms with Gasteiger partial charge in [0.25, 0.3) is 0 Å².